The summed E-state index contributed by atoms with van der Waals surface area (Å²) < 4.78 is 5.61. The third-order valence-corrected chi connectivity index (χ3v) is 3.14. The number of rotatable bonds is 3. The summed E-state index contributed by atoms with van der Waals surface area (Å²) in [5.74, 6) is 1.14. The minimum atomic E-state index is -0.237. The number of H-pyrrole nitrogens is 1. The van der Waals surface area contributed by atoms with Crippen molar-refractivity contribution < 1.29 is 4.74 Å². The van der Waals surface area contributed by atoms with Gasteiger partial charge in [-0.05, 0) is 40.5 Å². The number of nitrogens with one attached hydrogen (secondary N) is 2. The van der Waals surface area contributed by atoms with E-state index in [9.17, 15) is 4.79 Å². The van der Waals surface area contributed by atoms with Gasteiger partial charge in [-0.3, -0.25) is 4.79 Å². The van der Waals surface area contributed by atoms with E-state index in [1.807, 2.05) is 25.1 Å². The van der Waals surface area contributed by atoms with Gasteiger partial charge in [-0.1, -0.05) is 6.07 Å². The number of aromatic nitrogens is 2. The van der Waals surface area contributed by atoms with Crippen LogP contribution in [0.5, 0.6) is 5.75 Å². The van der Waals surface area contributed by atoms with Crippen LogP contribution < -0.4 is 15.6 Å². The number of hydrogen-bond acceptors (Lipinski definition) is 4. The first-order valence-electron chi connectivity index (χ1n) is 5.26. The standard InChI is InChI=1S/C12H12BrN3O2/c1-7-3-4-9(18-2)8(5-7)16-11-10(13)12(17)15-6-14-11/h3-6H,1-2H3,(H2,14,15,16,17). The van der Waals surface area contributed by atoms with E-state index < -0.39 is 0 Å². The molecule has 5 nitrogen and oxygen atoms in total. The highest BCUT2D eigenvalue weighted by atomic mass is 79.9. The normalized spacial score (nSPS) is 10.2. The van der Waals surface area contributed by atoms with Crippen molar-refractivity contribution in [1.82, 2.24) is 9.97 Å². The third-order valence-electron chi connectivity index (χ3n) is 2.40. The third kappa shape index (κ3) is 2.53. The van der Waals surface area contributed by atoms with E-state index in [4.69, 9.17) is 4.74 Å². The molecule has 2 N–H and O–H groups in total. The molecule has 0 aliphatic heterocycles. The average Bonchev–Trinajstić information content (AvgIpc) is 2.35. The molecule has 0 amide bonds. The van der Waals surface area contributed by atoms with Crippen molar-refractivity contribution in [1.29, 1.82) is 0 Å². The molecule has 0 fully saturated rings. The number of aryl methyl sites for hydroxylation is 1. The van der Waals surface area contributed by atoms with Crippen molar-refractivity contribution in [2.75, 3.05) is 12.4 Å². The van der Waals surface area contributed by atoms with Gasteiger partial charge >= 0.3 is 0 Å². The SMILES string of the molecule is COc1ccc(C)cc1Nc1nc[nH]c(=O)c1Br. The molecule has 18 heavy (non-hydrogen) atoms. The van der Waals surface area contributed by atoms with Crippen molar-refractivity contribution in [3.63, 3.8) is 0 Å². The summed E-state index contributed by atoms with van der Waals surface area (Å²) in [6.45, 7) is 1.98. The molecule has 2 aromatic rings. The van der Waals surface area contributed by atoms with Crippen LogP contribution in [0.25, 0.3) is 0 Å². The smallest absolute Gasteiger partial charge is 0.267 e. The van der Waals surface area contributed by atoms with E-state index >= 15 is 0 Å². The van der Waals surface area contributed by atoms with Crippen molar-refractivity contribution >= 4 is 27.4 Å². The van der Waals surface area contributed by atoms with Gasteiger partial charge in [0.1, 0.15) is 10.2 Å². The lowest BCUT2D eigenvalue weighted by molar-refractivity contribution is 0.416. The van der Waals surface area contributed by atoms with E-state index in [0.717, 1.165) is 11.3 Å². The second-order valence-electron chi connectivity index (χ2n) is 3.72. The molecule has 0 spiro atoms. The molecular weight excluding hydrogens is 298 g/mol. The summed E-state index contributed by atoms with van der Waals surface area (Å²) in [5.41, 5.74) is 1.61. The average molecular weight is 310 g/mol. The Kier molecular flexibility index (Phi) is 3.66. The van der Waals surface area contributed by atoms with Gasteiger partial charge in [0.05, 0.1) is 19.1 Å². The van der Waals surface area contributed by atoms with E-state index in [1.54, 1.807) is 7.11 Å². The van der Waals surface area contributed by atoms with Crippen LogP contribution in [0.2, 0.25) is 0 Å². The largest absolute Gasteiger partial charge is 0.495 e. The minimum Gasteiger partial charge on any atom is -0.495 e. The van der Waals surface area contributed by atoms with Crippen molar-refractivity contribution in [2.24, 2.45) is 0 Å². The van der Waals surface area contributed by atoms with Crippen LogP contribution in [0.4, 0.5) is 11.5 Å². The molecule has 0 saturated carbocycles. The molecule has 1 aromatic heterocycles. The highest BCUT2D eigenvalue weighted by molar-refractivity contribution is 9.10. The van der Waals surface area contributed by atoms with Gasteiger partial charge in [-0.15, -0.1) is 0 Å². The maximum atomic E-state index is 11.4. The van der Waals surface area contributed by atoms with Gasteiger partial charge in [0.2, 0.25) is 0 Å². The minimum absolute atomic E-state index is 0.237. The molecule has 6 heteroatoms. The fourth-order valence-electron chi connectivity index (χ4n) is 1.52. The molecule has 2 rings (SSSR count). The van der Waals surface area contributed by atoms with Gasteiger partial charge < -0.3 is 15.0 Å². The predicted molar refractivity (Wildman–Crippen MR) is 73.6 cm³/mol. The van der Waals surface area contributed by atoms with Gasteiger partial charge in [0.15, 0.2) is 5.82 Å². The maximum Gasteiger partial charge on any atom is 0.267 e. The molecule has 0 radical (unpaired) electrons. The Hall–Kier alpha value is -1.82. The zero-order chi connectivity index (χ0) is 13.1. The summed E-state index contributed by atoms with van der Waals surface area (Å²) in [6, 6.07) is 5.73. The first-order chi connectivity index (χ1) is 8.61. The van der Waals surface area contributed by atoms with Crippen molar-refractivity contribution in [2.45, 2.75) is 6.92 Å². The number of aromatic amines is 1. The zero-order valence-corrected chi connectivity index (χ0v) is 11.5. The van der Waals surface area contributed by atoms with Crippen LogP contribution >= 0.6 is 15.9 Å². The fourth-order valence-corrected chi connectivity index (χ4v) is 1.83. The number of methoxy groups -OCH3 is 1. The van der Waals surface area contributed by atoms with Crippen LogP contribution in [0, 0.1) is 6.92 Å². The number of ether oxygens (including phenoxy) is 1. The molecule has 1 heterocycles. The Balaban J connectivity index is 2.42. The Labute approximate surface area is 112 Å². The van der Waals surface area contributed by atoms with Gasteiger partial charge in [-0.25, -0.2) is 4.98 Å². The number of hydrogen-bond donors (Lipinski definition) is 2. The number of anilines is 2. The molecule has 94 valence electrons. The lowest BCUT2D eigenvalue weighted by Crippen LogP contribution is -2.10. The van der Waals surface area contributed by atoms with E-state index in [2.05, 4.69) is 31.2 Å². The fraction of sp³-hybridized carbons (Fsp3) is 0.167. The van der Waals surface area contributed by atoms with Gasteiger partial charge in [0, 0.05) is 0 Å². The van der Waals surface area contributed by atoms with Gasteiger partial charge in [0.25, 0.3) is 5.56 Å². The zero-order valence-electron chi connectivity index (χ0n) is 9.95. The molecule has 0 atom stereocenters. The van der Waals surface area contributed by atoms with Gasteiger partial charge in [-0.2, -0.15) is 0 Å². The monoisotopic (exact) mass is 309 g/mol. The first-order valence-corrected chi connectivity index (χ1v) is 6.06. The van der Waals surface area contributed by atoms with Crippen LogP contribution in [0.1, 0.15) is 5.56 Å². The lowest BCUT2D eigenvalue weighted by Gasteiger charge is -2.11. The number of halogens is 1. The van der Waals surface area contributed by atoms with Crippen molar-refractivity contribution in [3.8, 4) is 5.75 Å². The summed E-state index contributed by atoms with van der Waals surface area (Å²) in [7, 11) is 1.59. The molecule has 1 aromatic carbocycles. The predicted octanol–water partition coefficient (Wildman–Crippen LogP) is 2.59. The molecule has 0 unspecified atom stereocenters. The van der Waals surface area contributed by atoms with Crippen LogP contribution in [0.15, 0.2) is 33.8 Å². The van der Waals surface area contributed by atoms with Crippen molar-refractivity contribution in [3.05, 3.63) is 44.9 Å². The first kappa shape index (κ1) is 12.6. The number of benzene rings is 1. The quantitative estimate of drug-likeness (QED) is 0.914. The van der Waals surface area contributed by atoms with Crippen LogP contribution in [0.3, 0.4) is 0 Å². The summed E-state index contributed by atoms with van der Waals surface area (Å²) in [6.07, 6.45) is 1.34. The molecule has 0 aliphatic carbocycles. The molecule has 0 saturated heterocycles. The Morgan fingerprint density at radius 1 is 1.44 bits per heavy atom. The topological polar surface area (TPSA) is 67.0 Å². The van der Waals surface area contributed by atoms with Crippen LogP contribution in [-0.2, 0) is 0 Å². The van der Waals surface area contributed by atoms with E-state index in [1.165, 1.54) is 6.33 Å². The second kappa shape index (κ2) is 5.22. The molecule has 0 aliphatic rings. The molecular formula is C12H12BrN3O2. The van der Waals surface area contributed by atoms with Crippen LogP contribution in [-0.4, -0.2) is 17.1 Å². The second-order valence-corrected chi connectivity index (χ2v) is 4.52. The summed E-state index contributed by atoms with van der Waals surface area (Å²) >= 11 is 3.19. The highest BCUT2D eigenvalue weighted by Gasteiger charge is 2.09. The highest BCUT2D eigenvalue weighted by Crippen LogP contribution is 2.29. The van der Waals surface area contributed by atoms with E-state index in [0.29, 0.717) is 16.0 Å². The Morgan fingerprint density at radius 2 is 2.22 bits per heavy atom. The Bertz CT molecular complexity index is 625. The van der Waals surface area contributed by atoms with E-state index in [-0.39, 0.29) is 5.56 Å². The lowest BCUT2D eigenvalue weighted by atomic mass is 10.2. The Morgan fingerprint density at radius 3 is 2.94 bits per heavy atom. The summed E-state index contributed by atoms with van der Waals surface area (Å²) in [5, 5.41) is 3.07. The molecule has 0 bridgehead atoms. The number of nitrogens with zero attached hydrogens (tertiary/aromatic N) is 1. The maximum absolute atomic E-state index is 11.4. The summed E-state index contributed by atoms with van der Waals surface area (Å²) in [4.78, 5) is 18.0.